The van der Waals surface area contributed by atoms with E-state index in [0.717, 1.165) is 10.0 Å². The molecule has 0 bridgehead atoms. The van der Waals surface area contributed by atoms with Gasteiger partial charge in [-0.05, 0) is 35.1 Å². The molecule has 1 aromatic carbocycles. The van der Waals surface area contributed by atoms with Crippen LogP contribution in [0.1, 0.15) is 11.6 Å². The number of hydrogen-bond acceptors (Lipinski definition) is 5. The summed E-state index contributed by atoms with van der Waals surface area (Å²) in [6.07, 6.45) is 1.21. The summed E-state index contributed by atoms with van der Waals surface area (Å²) < 4.78 is 34.2. The van der Waals surface area contributed by atoms with E-state index in [1.807, 2.05) is 0 Å². The smallest absolute Gasteiger partial charge is 0.149 e. The van der Waals surface area contributed by atoms with Crippen molar-refractivity contribution in [2.45, 2.75) is 6.04 Å². The first-order chi connectivity index (χ1) is 8.82. The van der Waals surface area contributed by atoms with Crippen molar-refractivity contribution < 1.29 is 17.9 Å². The van der Waals surface area contributed by atoms with Crippen LogP contribution in [0.15, 0.2) is 16.6 Å². The molecule has 0 fully saturated rings. The van der Waals surface area contributed by atoms with Crippen LogP contribution >= 0.6 is 15.9 Å². The standard InChI is InChI=1S/C12H18BrNO4S/c1-14-10(7-19(4,15)16)8-5-12(18-3)9(13)6-11(8)17-2/h5-6,10,14H,7H2,1-4H3. The molecule has 1 N–H and O–H groups in total. The van der Waals surface area contributed by atoms with Crippen molar-refractivity contribution in [2.75, 3.05) is 33.3 Å². The Kier molecular flexibility index (Phi) is 5.64. The van der Waals surface area contributed by atoms with E-state index in [0.29, 0.717) is 11.5 Å². The van der Waals surface area contributed by atoms with Gasteiger partial charge in [-0.3, -0.25) is 0 Å². The molecule has 0 saturated carbocycles. The number of hydrogen-bond donors (Lipinski definition) is 1. The molecule has 0 aliphatic carbocycles. The third kappa shape index (κ3) is 4.36. The molecule has 0 heterocycles. The van der Waals surface area contributed by atoms with Crippen molar-refractivity contribution in [3.8, 4) is 11.5 Å². The lowest BCUT2D eigenvalue weighted by atomic mass is 10.1. The fraction of sp³-hybridized carbons (Fsp3) is 0.500. The lowest BCUT2D eigenvalue weighted by Crippen LogP contribution is -2.25. The van der Waals surface area contributed by atoms with Gasteiger partial charge in [0.1, 0.15) is 21.3 Å². The van der Waals surface area contributed by atoms with Gasteiger partial charge in [0, 0.05) is 17.9 Å². The van der Waals surface area contributed by atoms with Gasteiger partial charge >= 0.3 is 0 Å². The number of methoxy groups -OCH3 is 2. The van der Waals surface area contributed by atoms with Gasteiger partial charge in [0.15, 0.2) is 0 Å². The fourth-order valence-corrected chi connectivity index (χ4v) is 3.22. The molecule has 0 aromatic heterocycles. The molecule has 1 rings (SSSR count). The van der Waals surface area contributed by atoms with E-state index < -0.39 is 9.84 Å². The fourth-order valence-electron chi connectivity index (χ4n) is 1.79. The first-order valence-electron chi connectivity index (χ1n) is 5.58. The summed E-state index contributed by atoms with van der Waals surface area (Å²) in [5.41, 5.74) is 0.746. The summed E-state index contributed by atoms with van der Waals surface area (Å²) in [5.74, 6) is 1.23. The minimum absolute atomic E-state index is 0.00928. The van der Waals surface area contributed by atoms with E-state index in [4.69, 9.17) is 9.47 Å². The molecule has 1 unspecified atom stereocenters. The summed E-state index contributed by atoms with van der Waals surface area (Å²) in [4.78, 5) is 0. The van der Waals surface area contributed by atoms with Gasteiger partial charge in [-0.1, -0.05) is 0 Å². The molecule has 7 heteroatoms. The maximum Gasteiger partial charge on any atom is 0.149 e. The third-order valence-corrected chi connectivity index (χ3v) is 4.26. The van der Waals surface area contributed by atoms with E-state index >= 15 is 0 Å². The topological polar surface area (TPSA) is 64.6 Å². The van der Waals surface area contributed by atoms with Crippen molar-refractivity contribution in [3.05, 3.63) is 22.2 Å². The lowest BCUT2D eigenvalue weighted by molar-refractivity contribution is 0.392. The Morgan fingerprint density at radius 3 is 2.26 bits per heavy atom. The van der Waals surface area contributed by atoms with Crippen LogP contribution in [0.4, 0.5) is 0 Å². The van der Waals surface area contributed by atoms with Crippen LogP contribution in [-0.2, 0) is 9.84 Å². The van der Waals surface area contributed by atoms with Gasteiger partial charge in [0.2, 0.25) is 0 Å². The lowest BCUT2D eigenvalue weighted by Gasteiger charge is -2.20. The van der Waals surface area contributed by atoms with Gasteiger partial charge in [0.25, 0.3) is 0 Å². The molecule has 5 nitrogen and oxygen atoms in total. The summed E-state index contributed by atoms with van der Waals surface area (Å²) in [5, 5.41) is 2.99. The highest BCUT2D eigenvalue weighted by atomic mass is 79.9. The van der Waals surface area contributed by atoms with Gasteiger partial charge < -0.3 is 14.8 Å². The normalized spacial score (nSPS) is 13.1. The van der Waals surface area contributed by atoms with E-state index in [1.165, 1.54) is 6.26 Å². The maximum atomic E-state index is 11.5. The average molecular weight is 352 g/mol. The van der Waals surface area contributed by atoms with Gasteiger partial charge in [0.05, 0.1) is 24.4 Å². The SMILES string of the molecule is CNC(CS(C)(=O)=O)c1cc(OC)c(Br)cc1OC. The minimum atomic E-state index is -3.11. The van der Waals surface area contributed by atoms with E-state index in [-0.39, 0.29) is 11.8 Å². The summed E-state index contributed by atoms with van der Waals surface area (Å²) in [7, 11) is 1.71. The van der Waals surface area contributed by atoms with Crippen LogP contribution in [0.3, 0.4) is 0 Å². The molecule has 19 heavy (non-hydrogen) atoms. The zero-order valence-corrected chi connectivity index (χ0v) is 13.8. The van der Waals surface area contributed by atoms with Crippen molar-refractivity contribution in [3.63, 3.8) is 0 Å². The predicted molar refractivity (Wildman–Crippen MR) is 78.8 cm³/mol. The molecule has 108 valence electrons. The number of sulfone groups is 1. The predicted octanol–water partition coefficient (Wildman–Crippen LogP) is 1.77. The second-order valence-electron chi connectivity index (χ2n) is 4.16. The number of ether oxygens (including phenoxy) is 2. The number of halogens is 1. The Labute approximate surface area is 122 Å². The highest BCUT2D eigenvalue weighted by Crippen LogP contribution is 2.36. The summed E-state index contributed by atoms with van der Waals surface area (Å²) in [6.45, 7) is 0. The Hall–Kier alpha value is -0.790. The van der Waals surface area contributed by atoms with Crippen LogP contribution < -0.4 is 14.8 Å². The molecule has 0 saturated heterocycles. The molecule has 0 amide bonds. The van der Waals surface area contributed by atoms with Crippen molar-refractivity contribution in [1.82, 2.24) is 5.32 Å². The van der Waals surface area contributed by atoms with Gasteiger partial charge in [-0.2, -0.15) is 0 Å². The first kappa shape index (κ1) is 16.3. The highest BCUT2D eigenvalue weighted by molar-refractivity contribution is 9.10. The van der Waals surface area contributed by atoms with Crippen LogP contribution in [0, 0.1) is 0 Å². The molecular formula is C12H18BrNO4S. The minimum Gasteiger partial charge on any atom is -0.496 e. The molecule has 0 aliphatic heterocycles. The third-order valence-electron chi connectivity index (χ3n) is 2.70. The van der Waals surface area contributed by atoms with Crippen molar-refractivity contribution in [2.24, 2.45) is 0 Å². The van der Waals surface area contributed by atoms with Crippen LogP contribution in [-0.4, -0.2) is 41.7 Å². The quantitative estimate of drug-likeness (QED) is 0.845. The second-order valence-corrected chi connectivity index (χ2v) is 7.20. The number of benzene rings is 1. The maximum absolute atomic E-state index is 11.5. The van der Waals surface area contributed by atoms with Crippen molar-refractivity contribution >= 4 is 25.8 Å². The van der Waals surface area contributed by atoms with Crippen LogP contribution in [0.25, 0.3) is 0 Å². The first-order valence-corrected chi connectivity index (χ1v) is 8.44. The zero-order valence-electron chi connectivity index (χ0n) is 11.4. The molecule has 1 aromatic rings. The van der Waals surface area contributed by atoms with Gasteiger partial charge in [-0.15, -0.1) is 0 Å². The second kappa shape index (κ2) is 6.58. The Balaban J connectivity index is 3.28. The molecule has 0 aliphatic rings. The molecular weight excluding hydrogens is 334 g/mol. The molecule has 0 spiro atoms. The zero-order chi connectivity index (χ0) is 14.6. The summed E-state index contributed by atoms with van der Waals surface area (Å²) in [6, 6.07) is 3.18. The van der Waals surface area contributed by atoms with Crippen molar-refractivity contribution in [1.29, 1.82) is 0 Å². The Morgan fingerprint density at radius 2 is 1.84 bits per heavy atom. The van der Waals surface area contributed by atoms with E-state index in [2.05, 4.69) is 21.2 Å². The molecule has 1 atom stereocenters. The monoisotopic (exact) mass is 351 g/mol. The molecule has 0 radical (unpaired) electrons. The van der Waals surface area contributed by atoms with Crippen LogP contribution in [0.2, 0.25) is 0 Å². The summed E-state index contributed by atoms with van der Waals surface area (Å²) >= 11 is 3.37. The van der Waals surface area contributed by atoms with E-state index in [9.17, 15) is 8.42 Å². The van der Waals surface area contributed by atoms with E-state index in [1.54, 1.807) is 33.4 Å². The number of rotatable bonds is 6. The van der Waals surface area contributed by atoms with Gasteiger partial charge in [-0.25, -0.2) is 8.42 Å². The number of nitrogens with one attached hydrogen (secondary N) is 1. The largest absolute Gasteiger partial charge is 0.496 e. The van der Waals surface area contributed by atoms with Crippen LogP contribution in [0.5, 0.6) is 11.5 Å². The highest BCUT2D eigenvalue weighted by Gasteiger charge is 2.21. The Morgan fingerprint density at radius 1 is 1.26 bits per heavy atom. The Bertz CT molecular complexity index is 545. The average Bonchev–Trinajstić information content (AvgIpc) is 2.34.